The van der Waals surface area contributed by atoms with Crippen LogP contribution in [-0.2, 0) is 11.3 Å². The van der Waals surface area contributed by atoms with E-state index in [1.807, 2.05) is 56.4 Å². The summed E-state index contributed by atoms with van der Waals surface area (Å²) in [7, 11) is 2.02. The Balaban J connectivity index is 1.84. The van der Waals surface area contributed by atoms with Crippen LogP contribution in [0.3, 0.4) is 0 Å². The summed E-state index contributed by atoms with van der Waals surface area (Å²) < 4.78 is 5.48. The molecule has 0 aromatic heterocycles. The van der Waals surface area contributed by atoms with Crippen LogP contribution < -0.4 is 15.0 Å². The van der Waals surface area contributed by atoms with E-state index in [2.05, 4.69) is 18.8 Å². The Labute approximate surface area is 150 Å². The van der Waals surface area contributed by atoms with Gasteiger partial charge in [0.05, 0.1) is 7.05 Å². The molecule has 2 N–H and O–H groups in total. The number of rotatable bonds is 8. The lowest BCUT2D eigenvalue weighted by atomic mass is 10.1. The SMILES string of the molecule is C=CCOc1ccc(C[NH+](C)CC(=O)Nc2ccc(C)c(C)c2)cc1. The van der Waals surface area contributed by atoms with Crippen molar-refractivity contribution >= 4 is 11.6 Å². The first-order valence-corrected chi connectivity index (χ1v) is 8.49. The molecule has 2 aromatic carbocycles. The van der Waals surface area contributed by atoms with Crippen LogP contribution in [0.4, 0.5) is 5.69 Å². The summed E-state index contributed by atoms with van der Waals surface area (Å²) >= 11 is 0. The van der Waals surface area contributed by atoms with E-state index >= 15 is 0 Å². The second-order valence-corrected chi connectivity index (χ2v) is 6.40. The van der Waals surface area contributed by atoms with Crippen LogP contribution in [0, 0.1) is 13.8 Å². The molecule has 1 unspecified atom stereocenters. The molecule has 0 aliphatic carbocycles. The molecular formula is C21H27N2O2+. The van der Waals surface area contributed by atoms with E-state index < -0.39 is 0 Å². The summed E-state index contributed by atoms with van der Waals surface area (Å²) in [5.41, 5.74) is 4.42. The average molecular weight is 339 g/mol. The molecule has 132 valence electrons. The van der Waals surface area contributed by atoms with Crippen molar-refractivity contribution in [1.29, 1.82) is 0 Å². The summed E-state index contributed by atoms with van der Waals surface area (Å²) in [6, 6.07) is 13.9. The minimum Gasteiger partial charge on any atom is -0.490 e. The van der Waals surface area contributed by atoms with Gasteiger partial charge in [-0.05, 0) is 61.4 Å². The molecule has 2 rings (SSSR count). The molecule has 4 heteroatoms. The Hall–Kier alpha value is -2.59. The number of carbonyl (C=O) groups is 1. The van der Waals surface area contributed by atoms with Gasteiger partial charge in [0.1, 0.15) is 18.9 Å². The Bertz CT molecular complexity index is 723. The minimum atomic E-state index is 0.0201. The monoisotopic (exact) mass is 339 g/mol. The molecular weight excluding hydrogens is 312 g/mol. The van der Waals surface area contributed by atoms with Gasteiger partial charge in [0, 0.05) is 11.3 Å². The normalized spacial score (nSPS) is 11.6. The van der Waals surface area contributed by atoms with Crippen molar-refractivity contribution in [1.82, 2.24) is 0 Å². The van der Waals surface area contributed by atoms with E-state index in [0.29, 0.717) is 13.2 Å². The van der Waals surface area contributed by atoms with Crippen molar-refractivity contribution in [3.05, 3.63) is 71.8 Å². The predicted molar refractivity (Wildman–Crippen MR) is 102 cm³/mol. The summed E-state index contributed by atoms with van der Waals surface area (Å²) in [5.74, 6) is 0.848. The first kappa shape index (κ1) is 18.7. The first-order chi connectivity index (χ1) is 12.0. The lowest BCUT2D eigenvalue weighted by Crippen LogP contribution is -3.08. The fraction of sp³-hybridized carbons (Fsp3) is 0.286. The quantitative estimate of drug-likeness (QED) is 0.726. The third-order valence-electron chi connectivity index (χ3n) is 4.05. The van der Waals surface area contributed by atoms with E-state index in [1.54, 1.807) is 6.08 Å². The molecule has 4 nitrogen and oxygen atoms in total. The predicted octanol–water partition coefficient (Wildman–Crippen LogP) is 2.52. The van der Waals surface area contributed by atoms with E-state index in [1.165, 1.54) is 16.7 Å². The zero-order valence-corrected chi connectivity index (χ0v) is 15.3. The van der Waals surface area contributed by atoms with Crippen LogP contribution in [0.2, 0.25) is 0 Å². The fourth-order valence-electron chi connectivity index (χ4n) is 2.57. The maximum atomic E-state index is 12.2. The standard InChI is InChI=1S/C21H26N2O2/c1-5-12-25-20-10-7-18(8-11-20)14-23(4)15-21(24)22-19-9-6-16(2)17(3)13-19/h5-11,13H,1,12,14-15H2,2-4H3,(H,22,24)/p+1. The van der Waals surface area contributed by atoms with Gasteiger partial charge in [-0.2, -0.15) is 0 Å². The molecule has 0 fully saturated rings. The number of quaternary nitrogens is 1. The van der Waals surface area contributed by atoms with Gasteiger partial charge in [-0.15, -0.1) is 0 Å². The number of carbonyl (C=O) groups excluding carboxylic acids is 1. The summed E-state index contributed by atoms with van der Waals surface area (Å²) in [4.78, 5) is 13.3. The Kier molecular flexibility index (Phi) is 6.78. The van der Waals surface area contributed by atoms with Crippen molar-refractivity contribution in [3.8, 4) is 5.75 Å². The highest BCUT2D eigenvalue weighted by Crippen LogP contribution is 2.14. The molecule has 0 aliphatic heterocycles. The number of ether oxygens (including phenoxy) is 1. The van der Waals surface area contributed by atoms with Gasteiger partial charge >= 0.3 is 0 Å². The second-order valence-electron chi connectivity index (χ2n) is 6.40. The van der Waals surface area contributed by atoms with Gasteiger partial charge in [0.25, 0.3) is 5.91 Å². The topological polar surface area (TPSA) is 42.8 Å². The van der Waals surface area contributed by atoms with Crippen molar-refractivity contribution in [2.75, 3.05) is 25.5 Å². The van der Waals surface area contributed by atoms with Gasteiger partial charge < -0.3 is 15.0 Å². The smallest absolute Gasteiger partial charge is 0.279 e. The average Bonchev–Trinajstić information content (AvgIpc) is 2.57. The highest BCUT2D eigenvalue weighted by atomic mass is 16.5. The van der Waals surface area contributed by atoms with Gasteiger partial charge in [-0.3, -0.25) is 4.79 Å². The van der Waals surface area contributed by atoms with Gasteiger partial charge in [0.2, 0.25) is 0 Å². The van der Waals surface area contributed by atoms with Crippen LogP contribution in [0.15, 0.2) is 55.1 Å². The number of amides is 1. The first-order valence-electron chi connectivity index (χ1n) is 8.49. The van der Waals surface area contributed by atoms with Crippen molar-refractivity contribution in [3.63, 3.8) is 0 Å². The van der Waals surface area contributed by atoms with Gasteiger partial charge in [0.15, 0.2) is 6.54 Å². The van der Waals surface area contributed by atoms with E-state index in [4.69, 9.17) is 4.74 Å². The lowest BCUT2D eigenvalue weighted by Gasteiger charge is -2.14. The maximum Gasteiger partial charge on any atom is 0.279 e. The largest absolute Gasteiger partial charge is 0.490 e. The van der Waals surface area contributed by atoms with Crippen molar-refractivity contribution < 1.29 is 14.4 Å². The van der Waals surface area contributed by atoms with Crippen LogP contribution in [0.1, 0.15) is 16.7 Å². The molecule has 1 atom stereocenters. The zero-order chi connectivity index (χ0) is 18.2. The molecule has 0 spiro atoms. The van der Waals surface area contributed by atoms with Crippen molar-refractivity contribution in [2.24, 2.45) is 0 Å². The molecule has 0 saturated heterocycles. The number of benzene rings is 2. The number of aryl methyl sites for hydroxylation is 2. The summed E-state index contributed by atoms with van der Waals surface area (Å²) in [6.45, 7) is 9.44. The number of likely N-dealkylation sites (N-methyl/N-ethyl adjacent to an activating group) is 1. The third-order valence-corrected chi connectivity index (χ3v) is 4.05. The lowest BCUT2D eigenvalue weighted by molar-refractivity contribution is -0.885. The molecule has 1 amide bonds. The molecule has 0 radical (unpaired) electrons. The molecule has 0 bridgehead atoms. The van der Waals surface area contributed by atoms with Gasteiger partial charge in [-0.25, -0.2) is 0 Å². The molecule has 0 aliphatic rings. The van der Waals surface area contributed by atoms with Gasteiger partial charge in [-0.1, -0.05) is 18.7 Å². The number of anilines is 1. The highest BCUT2D eigenvalue weighted by Gasteiger charge is 2.11. The Morgan fingerprint density at radius 1 is 1.16 bits per heavy atom. The summed E-state index contributed by atoms with van der Waals surface area (Å²) in [6.07, 6.45) is 1.72. The van der Waals surface area contributed by atoms with E-state index in [0.717, 1.165) is 22.9 Å². The molecule has 2 aromatic rings. The highest BCUT2D eigenvalue weighted by molar-refractivity contribution is 5.91. The van der Waals surface area contributed by atoms with E-state index in [9.17, 15) is 4.79 Å². The molecule has 0 heterocycles. The van der Waals surface area contributed by atoms with E-state index in [-0.39, 0.29) is 5.91 Å². The molecule has 0 saturated carbocycles. The second kappa shape index (κ2) is 9.04. The molecule has 25 heavy (non-hydrogen) atoms. The van der Waals surface area contributed by atoms with Crippen molar-refractivity contribution in [2.45, 2.75) is 20.4 Å². The summed E-state index contributed by atoms with van der Waals surface area (Å²) in [5, 5.41) is 2.97. The maximum absolute atomic E-state index is 12.2. The number of hydrogen-bond acceptors (Lipinski definition) is 2. The number of nitrogens with one attached hydrogen (secondary N) is 2. The zero-order valence-electron chi connectivity index (χ0n) is 15.3. The number of hydrogen-bond donors (Lipinski definition) is 2. The van der Waals surface area contributed by atoms with Crippen LogP contribution in [0.5, 0.6) is 5.75 Å². The Morgan fingerprint density at radius 2 is 1.88 bits per heavy atom. The third kappa shape index (κ3) is 6.08. The van der Waals surface area contributed by atoms with Crippen LogP contribution in [-0.4, -0.2) is 26.1 Å². The Morgan fingerprint density at radius 3 is 2.52 bits per heavy atom. The fourth-order valence-corrected chi connectivity index (χ4v) is 2.57. The minimum absolute atomic E-state index is 0.0201. The van der Waals surface area contributed by atoms with Crippen LogP contribution >= 0.6 is 0 Å². The van der Waals surface area contributed by atoms with Crippen LogP contribution in [0.25, 0.3) is 0 Å².